The third-order valence-corrected chi connectivity index (χ3v) is 4.77. The van der Waals surface area contributed by atoms with E-state index in [1.165, 1.54) is 6.07 Å². The van der Waals surface area contributed by atoms with E-state index in [9.17, 15) is 8.42 Å². The average Bonchev–Trinajstić information content (AvgIpc) is 3.10. The molecule has 1 saturated heterocycles. The van der Waals surface area contributed by atoms with Gasteiger partial charge < -0.3 is 4.90 Å². The molecule has 0 saturated carbocycles. The van der Waals surface area contributed by atoms with Crippen LogP contribution in [0.3, 0.4) is 0 Å². The summed E-state index contributed by atoms with van der Waals surface area (Å²) in [6, 6.07) is 2.99. The monoisotopic (exact) mass is 328 g/mol. The summed E-state index contributed by atoms with van der Waals surface area (Å²) in [7, 11) is -3.92. The zero-order valence-corrected chi connectivity index (χ0v) is 12.5. The first-order chi connectivity index (χ1) is 9.97. The van der Waals surface area contributed by atoms with Gasteiger partial charge in [0, 0.05) is 24.3 Å². The Bertz CT molecular complexity index is 755. The highest BCUT2D eigenvalue weighted by molar-refractivity contribution is 7.89. The van der Waals surface area contributed by atoms with Crippen LogP contribution in [0, 0.1) is 0 Å². The number of sulfonamides is 1. The summed E-state index contributed by atoms with van der Waals surface area (Å²) in [4.78, 5) is 1.97. The van der Waals surface area contributed by atoms with E-state index in [1.807, 2.05) is 0 Å². The van der Waals surface area contributed by atoms with E-state index in [1.54, 1.807) is 6.07 Å². The van der Waals surface area contributed by atoms with Crippen LogP contribution in [0.15, 0.2) is 17.0 Å². The van der Waals surface area contributed by atoms with E-state index in [4.69, 9.17) is 16.7 Å². The Hall–Kier alpha value is -1.71. The molecule has 0 amide bonds. The first kappa shape index (κ1) is 14.2. The Labute approximate surface area is 126 Å². The SMILES string of the molecule is NS(=O)(=O)c1cc(-c2nn[nH]n2)c(N2CCCC2)cc1Cl. The zero-order chi connectivity index (χ0) is 15.0. The molecule has 0 aliphatic carbocycles. The fraction of sp³-hybridized carbons (Fsp3) is 0.364. The van der Waals surface area contributed by atoms with Gasteiger partial charge in [0.1, 0.15) is 4.90 Å². The fourth-order valence-corrected chi connectivity index (χ4v) is 3.53. The molecule has 10 heteroatoms. The van der Waals surface area contributed by atoms with Crippen LogP contribution in [0.2, 0.25) is 5.02 Å². The predicted octanol–water partition coefficient (Wildman–Crippen LogP) is 0.768. The van der Waals surface area contributed by atoms with Crippen molar-refractivity contribution in [1.82, 2.24) is 20.6 Å². The lowest BCUT2D eigenvalue weighted by Crippen LogP contribution is -2.20. The number of halogens is 1. The zero-order valence-electron chi connectivity index (χ0n) is 11.0. The average molecular weight is 329 g/mol. The highest BCUT2D eigenvalue weighted by atomic mass is 35.5. The Morgan fingerprint density at radius 2 is 2.00 bits per heavy atom. The number of anilines is 1. The number of aromatic nitrogens is 4. The Morgan fingerprint density at radius 1 is 1.29 bits per heavy atom. The number of primary sulfonamides is 1. The molecule has 21 heavy (non-hydrogen) atoms. The van der Waals surface area contributed by atoms with Crippen LogP contribution in [-0.2, 0) is 10.0 Å². The molecule has 0 spiro atoms. The fourth-order valence-electron chi connectivity index (χ4n) is 2.44. The van der Waals surface area contributed by atoms with Crippen LogP contribution in [0.25, 0.3) is 11.4 Å². The van der Waals surface area contributed by atoms with E-state index < -0.39 is 10.0 Å². The molecule has 112 valence electrons. The van der Waals surface area contributed by atoms with Crippen molar-refractivity contribution in [2.24, 2.45) is 5.14 Å². The van der Waals surface area contributed by atoms with Gasteiger partial charge in [0.2, 0.25) is 15.8 Å². The molecular formula is C11H13ClN6O2S. The van der Waals surface area contributed by atoms with Crippen LogP contribution in [-0.4, -0.2) is 42.1 Å². The molecular weight excluding hydrogens is 316 g/mol. The number of benzene rings is 1. The minimum atomic E-state index is -3.92. The number of nitrogens with zero attached hydrogens (tertiary/aromatic N) is 4. The molecule has 0 atom stereocenters. The first-order valence-electron chi connectivity index (χ1n) is 6.32. The third kappa shape index (κ3) is 2.71. The maximum atomic E-state index is 11.6. The van der Waals surface area contributed by atoms with Gasteiger partial charge in [-0.3, -0.25) is 0 Å². The molecule has 3 rings (SSSR count). The predicted molar refractivity (Wildman–Crippen MR) is 77.4 cm³/mol. The molecule has 2 aromatic rings. The summed E-state index contributed by atoms with van der Waals surface area (Å²) in [6.45, 7) is 1.74. The van der Waals surface area contributed by atoms with E-state index in [-0.39, 0.29) is 9.92 Å². The van der Waals surface area contributed by atoms with Crippen molar-refractivity contribution in [2.75, 3.05) is 18.0 Å². The first-order valence-corrected chi connectivity index (χ1v) is 8.24. The van der Waals surface area contributed by atoms with E-state index >= 15 is 0 Å². The van der Waals surface area contributed by atoms with Crippen molar-refractivity contribution >= 4 is 27.3 Å². The Morgan fingerprint density at radius 3 is 2.57 bits per heavy atom. The van der Waals surface area contributed by atoms with Gasteiger partial charge in [-0.25, -0.2) is 13.6 Å². The molecule has 0 bridgehead atoms. The highest BCUT2D eigenvalue weighted by Crippen LogP contribution is 2.36. The minimum absolute atomic E-state index is 0.0895. The van der Waals surface area contributed by atoms with Crippen molar-refractivity contribution in [3.05, 3.63) is 17.2 Å². The van der Waals surface area contributed by atoms with Crippen molar-refractivity contribution in [2.45, 2.75) is 17.7 Å². The molecule has 1 aliphatic rings. The van der Waals surface area contributed by atoms with Crippen LogP contribution >= 0.6 is 11.6 Å². The molecule has 8 nitrogen and oxygen atoms in total. The minimum Gasteiger partial charge on any atom is -0.371 e. The lowest BCUT2D eigenvalue weighted by atomic mass is 10.1. The number of hydrogen-bond donors (Lipinski definition) is 2. The number of hydrogen-bond acceptors (Lipinski definition) is 6. The maximum absolute atomic E-state index is 11.6. The van der Waals surface area contributed by atoms with Gasteiger partial charge in [-0.05, 0) is 30.2 Å². The summed E-state index contributed by atoms with van der Waals surface area (Å²) in [6.07, 6.45) is 2.14. The van der Waals surface area contributed by atoms with Crippen LogP contribution in [0.4, 0.5) is 5.69 Å². The largest absolute Gasteiger partial charge is 0.371 e. The van der Waals surface area contributed by atoms with Gasteiger partial charge in [0.15, 0.2) is 0 Å². The Balaban J connectivity index is 2.22. The van der Waals surface area contributed by atoms with Gasteiger partial charge in [-0.15, -0.1) is 10.2 Å². The van der Waals surface area contributed by atoms with Gasteiger partial charge >= 0.3 is 0 Å². The van der Waals surface area contributed by atoms with E-state index in [0.717, 1.165) is 31.6 Å². The molecule has 1 aliphatic heterocycles. The molecule has 2 heterocycles. The van der Waals surface area contributed by atoms with E-state index in [2.05, 4.69) is 25.5 Å². The van der Waals surface area contributed by atoms with Crippen molar-refractivity contribution in [3.63, 3.8) is 0 Å². The van der Waals surface area contributed by atoms with Crippen molar-refractivity contribution in [1.29, 1.82) is 0 Å². The lowest BCUT2D eigenvalue weighted by molar-refractivity contribution is 0.598. The summed E-state index contributed by atoms with van der Waals surface area (Å²) in [5, 5.41) is 19.0. The second-order valence-electron chi connectivity index (χ2n) is 4.77. The summed E-state index contributed by atoms with van der Waals surface area (Å²) < 4.78 is 23.2. The molecule has 1 fully saturated rings. The number of tetrazole rings is 1. The molecule has 1 aromatic carbocycles. The number of nitrogens with two attached hydrogens (primary N) is 1. The quantitative estimate of drug-likeness (QED) is 0.859. The van der Waals surface area contributed by atoms with Crippen molar-refractivity contribution in [3.8, 4) is 11.4 Å². The smallest absolute Gasteiger partial charge is 0.239 e. The van der Waals surface area contributed by atoms with Crippen molar-refractivity contribution < 1.29 is 8.42 Å². The Kier molecular flexibility index (Phi) is 3.56. The van der Waals surface area contributed by atoms with Crippen LogP contribution in [0.1, 0.15) is 12.8 Å². The number of H-pyrrole nitrogens is 1. The molecule has 3 N–H and O–H groups in total. The van der Waals surface area contributed by atoms with E-state index in [0.29, 0.717) is 11.4 Å². The summed E-state index contributed by atoms with van der Waals surface area (Å²) in [5.74, 6) is 0.304. The lowest BCUT2D eigenvalue weighted by Gasteiger charge is -2.21. The van der Waals surface area contributed by atoms with Crippen LogP contribution < -0.4 is 10.0 Å². The van der Waals surface area contributed by atoms with Gasteiger partial charge in [-0.2, -0.15) is 5.21 Å². The molecule has 1 aromatic heterocycles. The number of nitrogens with one attached hydrogen (secondary N) is 1. The highest BCUT2D eigenvalue weighted by Gasteiger charge is 2.23. The van der Waals surface area contributed by atoms with Gasteiger partial charge in [-0.1, -0.05) is 11.6 Å². The maximum Gasteiger partial charge on any atom is 0.239 e. The summed E-state index contributed by atoms with van der Waals surface area (Å²) in [5.41, 5.74) is 1.32. The second kappa shape index (κ2) is 5.24. The summed E-state index contributed by atoms with van der Waals surface area (Å²) >= 11 is 6.08. The van der Waals surface area contributed by atoms with Crippen LogP contribution in [0.5, 0.6) is 0 Å². The number of rotatable bonds is 3. The second-order valence-corrected chi connectivity index (χ2v) is 6.71. The normalized spacial score (nSPS) is 15.6. The number of aromatic amines is 1. The standard InChI is InChI=1S/C11H13ClN6O2S/c12-8-6-9(18-3-1-2-4-18)7(11-14-16-17-15-11)5-10(8)21(13,19)20/h5-6H,1-4H2,(H2,13,19,20)(H,14,15,16,17). The van der Waals surface area contributed by atoms with Gasteiger partial charge in [0.25, 0.3) is 0 Å². The van der Waals surface area contributed by atoms with Gasteiger partial charge in [0.05, 0.1) is 5.02 Å². The third-order valence-electron chi connectivity index (χ3n) is 3.39. The topological polar surface area (TPSA) is 118 Å². The molecule has 0 radical (unpaired) electrons. The molecule has 0 unspecified atom stereocenters.